The van der Waals surface area contributed by atoms with Crippen molar-refractivity contribution in [3.63, 3.8) is 0 Å². The molecule has 1 aliphatic rings. The third-order valence-electron chi connectivity index (χ3n) is 3.09. The molecule has 2 rings (SSSR count). The van der Waals surface area contributed by atoms with E-state index in [2.05, 4.69) is 5.32 Å². The Bertz CT molecular complexity index is 763. The molecule has 0 saturated carbocycles. The predicted molar refractivity (Wildman–Crippen MR) is 73.5 cm³/mol. The molecule has 1 aliphatic heterocycles. The molecule has 0 bridgehead atoms. The van der Waals surface area contributed by atoms with Crippen molar-refractivity contribution >= 4 is 37.1 Å². The van der Waals surface area contributed by atoms with Crippen LogP contribution in [0.5, 0.6) is 0 Å². The zero-order valence-electron chi connectivity index (χ0n) is 10.8. The van der Waals surface area contributed by atoms with E-state index in [0.29, 0.717) is 16.9 Å². The molecule has 1 aromatic heterocycles. The van der Waals surface area contributed by atoms with E-state index in [-0.39, 0.29) is 20.7 Å². The maximum absolute atomic E-state index is 12.2. The van der Waals surface area contributed by atoms with Gasteiger partial charge < -0.3 is 5.32 Å². The van der Waals surface area contributed by atoms with Crippen LogP contribution in [0, 0.1) is 0 Å². The van der Waals surface area contributed by atoms with Gasteiger partial charge in [0.05, 0.1) is 11.3 Å². The van der Waals surface area contributed by atoms with E-state index in [4.69, 9.17) is 5.14 Å². The average Bonchev–Trinajstić information content (AvgIpc) is 2.70. The molecule has 0 spiro atoms. The molecule has 10 heteroatoms. The lowest BCUT2D eigenvalue weighted by Gasteiger charge is -2.27. The summed E-state index contributed by atoms with van der Waals surface area (Å²) in [7, 11) is -7.56. The van der Waals surface area contributed by atoms with Crippen molar-refractivity contribution < 1.29 is 21.6 Å². The summed E-state index contributed by atoms with van der Waals surface area (Å²) >= 11 is 0.632. The number of nitrogens with two attached hydrogens (primary N) is 1. The smallest absolute Gasteiger partial charge is 0.247 e. The Kier molecular flexibility index (Phi) is 3.70. The van der Waals surface area contributed by atoms with E-state index in [0.717, 1.165) is 0 Å². The quantitative estimate of drug-likeness (QED) is 0.794. The second-order valence-electron chi connectivity index (χ2n) is 4.70. The minimum absolute atomic E-state index is 0.0287. The van der Waals surface area contributed by atoms with Crippen molar-refractivity contribution in [2.75, 3.05) is 0 Å². The van der Waals surface area contributed by atoms with Crippen LogP contribution in [0.4, 0.5) is 0 Å². The second-order valence-corrected chi connectivity index (χ2v) is 10.1. The predicted octanol–water partition coefficient (Wildman–Crippen LogP) is 0.139. The summed E-state index contributed by atoms with van der Waals surface area (Å²) in [6, 6.07) is 0.715. The van der Waals surface area contributed by atoms with Gasteiger partial charge in [0.2, 0.25) is 15.9 Å². The first kappa shape index (κ1) is 15.4. The van der Waals surface area contributed by atoms with Gasteiger partial charge in [0.15, 0.2) is 9.84 Å². The largest absolute Gasteiger partial charge is 0.349 e. The Morgan fingerprint density at radius 3 is 2.60 bits per heavy atom. The van der Waals surface area contributed by atoms with Gasteiger partial charge in [-0.3, -0.25) is 4.79 Å². The Morgan fingerprint density at radius 1 is 1.50 bits per heavy atom. The molecular weight excluding hydrogens is 324 g/mol. The number of thiophene rings is 1. The number of amides is 1. The van der Waals surface area contributed by atoms with Gasteiger partial charge >= 0.3 is 0 Å². The van der Waals surface area contributed by atoms with Gasteiger partial charge in [0.25, 0.3) is 0 Å². The molecule has 7 nitrogen and oxygen atoms in total. The Morgan fingerprint density at radius 2 is 2.10 bits per heavy atom. The maximum atomic E-state index is 12.2. The van der Waals surface area contributed by atoms with Crippen LogP contribution in [0.1, 0.15) is 31.9 Å². The molecule has 1 amide bonds. The number of fused-ring (bicyclic) bond motifs is 1. The number of sulfonamides is 1. The Hall–Kier alpha value is -0.970. The van der Waals surface area contributed by atoms with Crippen molar-refractivity contribution in [2.45, 2.75) is 40.0 Å². The third kappa shape index (κ3) is 2.60. The van der Waals surface area contributed by atoms with E-state index in [1.54, 1.807) is 0 Å². The van der Waals surface area contributed by atoms with Gasteiger partial charge in [-0.05, 0) is 19.4 Å². The lowest BCUT2D eigenvalue weighted by molar-refractivity contribution is -0.119. The van der Waals surface area contributed by atoms with E-state index in [9.17, 15) is 21.6 Å². The summed E-state index contributed by atoms with van der Waals surface area (Å²) in [6.45, 7) is 2.85. The summed E-state index contributed by atoms with van der Waals surface area (Å²) in [4.78, 5) is 11.2. The Labute approximate surface area is 121 Å². The molecule has 112 valence electrons. The van der Waals surface area contributed by atoms with Crippen LogP contribution in [0.25, 0.3) is 0 Å². The normalized spacial score (nSPS) is 24.9. The zero-order valence-corrected chi connectivity index (χ0v) is 13.2. The zero-order chi connectivity index (χ0) is 15.3. The second kappa shape index (κ2) is 4.79. The first-order valence-corrected chi connectivity index (χ1v) is 9.62. The van der Waals surface area contributed by atoms with E-state index in [1.807, 2.05) is 0 Å². The molecule has 2 atom stereocenters. The third-order valence-corrected chi connectivity index (χ3v) is 8.41. The molecule has 2 heterocycles. The van der Waals surface area contributed by atoms with Crippen molar-refractivity contribution in [2.24, 2.45) is 5.14 Å². The minimum Gasteiger partial charge on any atom is -0.349 e. The van der Waals surface area contributed by atoms with Crippen molar-refractivity contribution in [1.82, 2.24) is 5.32 Å². The highest BCUT2D eigenvalue weighted by atomic mass is 32.3. The maximum Gasteiger partial charge on any atom is 0.247 e. The van der Waals surface area contributed by atoms with Gasteiger partial charge in [-0.25, -0.2) is 22.0 Å². The number of sulfone groups is 1. The van der Waals surface area contributed by atoms with Crippen molar-refractivity contribution in [3.05, 3.63) is 11.6 Å². The summed E-state index contributed by atoms with van der Waals surface area (Å²) in [5.41, 5.74) is 0.298. The fourth-order valence-corrected chi connectivity index (χ4v) is 6.54. The molecule has 0 saturated heterocycles. The minimum atomic E-state index is -3.98. The van der Waals surface area contributed by atoms with Crippen LogP contribution in [-0.2, 0) is 24.7 Å². The molecular formula is C10H14N2O5S3. The van der Waals surface area contributed by atoms with Crippen LogP contribution in [0.2, 0.25) is 0 Å². The van der Waals surface area contributed by atoms with Crippen molar-refractivity contribution in [1.29, 1.82) is 0 Å². The molecule has 1 aromatic rings. The van der Waals surface area contributed by atoms with Crippen LogP contribution >= 0.6 is 11.3 Å². The van der Waals surface area contributed by atoms with E-state index < -0.39 is 31.2 Å². The SMILES string of the molecule is CC(=O)NC1CC(C)S(=O)(=O)c2sc(S(N)(=O)=O)cc21. The van der Waals surface area contributed by atoms with Gasteiger partial charge in [0, 0.05) is 12.5 Å². The highest BCUT2D eigenvalue weighted by Gasteiger charge is 2.39. The summed E-state index contributed by atoms with van der Waals surface area (Å²) < 4.78 is 47.0. The number of primary sulfonamides is 1. The summed E-state index contributed by atoms with van der Waals surface area (Å²) in [5.74, 6) is -0.309. The standard InChI is InChI=1S/C10H14N2O5S3/c1-5-3-8(12-6(2)13)7-4-9(20(11,16)17)18-10(7)19(5,14)15/h4-5,8H,3H2,1-2H3,(H,12,13)(H2,11,16,17). The van der Waals surface area contributed by atoms with Crippen LogP contribution < -0.4 is 10.5 Å². The lowest BCUT2D eigenvalue weighted by Crippen LogP contribution is -2.35. The van der Waals surface area contributed by atoms with Gasteiger partial charge in [0.1, 0.15) is 8.42 Å². The van der Waals surface area contributed by atoms with Crippen LogP contribution in [0.3, 0.4) is 0 Å². The van der Waals surface area contributed by atoms with Crippen LogP contribution in [0.15, 0.2) is 14.5 Å². The summed E-state index contributed by atoms with van der Waals surface area (Å²) in [5, 5.41) is 6.98. The number of carbonyl (C=O) groups is 1. The molecule has 0 radical (unpaired) electrons. The van der Waals surface area contributed by atoms with E-state index in [1.165, 1.54) is 19.9 Å². The molecule has 2 unspecified atom stereocenters. The molecule has 0 aromatic carbocycles. The first-order valence-electron chi connectivity index (χ1n) is 5.71. The van der Waals surface area contributed by atoms with Crippen molar-refractivity contribution in [3.8, 4) is 0 Å². The number of hydrogen-bond acceptors (Lipinski definition) is 6. The monoisotopic (exact) mass is 338 g/mol. The molecule has 0 fully saturated rings. The molecule has 3 N–H and O–H groups in total. The number of hydrogen-bond donors (Lipinski definition) is 2. The molecule has 20 heavy (non-hydrogen) atoms. The fourth-order valence-electron chi connectivity index (χ4n) is 2.12. The highest BCUT2D eigenvalue weighted by molar-refractivity contribution is 7.95. The molecule has 0 aliphatic carbocycles. The van der Waals surface area contributed by atoms with Gasteiger partial charge in [-0.15, -0.1) is 11.3 Å². The lowest BCUT2D eigenvalue weighted by atomic mass is 10.1. The van der Waals surface area contributed by atoms with Crippen LogP contribution in [-0.4, -0.2) is 28.0 Å². The van der Waals surface area contributed by atoms with Gasteiger partial charge in [-0.1, -0.05) is 0 Å². The van der Waals surface area contributed by atoms with E-state index >= 15 is 0 Å². The number of rotatable bonds is 2. The number of carbonyl (C=O) groups excluding carboxylic acids is 1. The topological polar surface area (TPSA) is 123 Å². The fraction of sp³-hybridized carbons (Fsp3) is 0.500. The number of nitrogens with one attached hydrogen (secondary N) is 1. The Balaban J connectivity index is 2.64. The highest BCUT2D eigenvalue weighted by Crippen LogP contribution is 2.42. The first-order chi connectivity index (χ1) is 9.03. The van der Waals surface area contributed by atoms with Gasteiger partial charge in [-0.2, -0.15) is 0 Å². The average molecular weight is 338 g/mol. The summed E-state index contributed by atoms with van der Waals surface area (Å²) in [6.07, 6.45) is 0.204.